The second kappa shape index (κ2) is 11.6. The standard InChI is InChI=1S/C51H29N5S/c1-3-14-30(15-4-1)49-52-50(31-16-5-2-6-17-31)54-51(53-49)37-26-27-42(48-46(37)36-20-9-12-25-45(36)57-48)55-40-23-10-8-19-33(40)38-28-44-39(29-43(38)55)35-22-13-21-34-32-18-7-11-24-41(32)56(44)47(34)35/h1-29H. The minimum atomic E-state index is 0.653. The lowest BCUT2D eigenvalue weighted by atomic mass is 10.0. The summed E-state index contributed by atoms with van der Waals surface area (Å²) in [6.45, 7) is 0. The Morgan fingerprint density at radius 2 is 0.930 bits per heavy atom. The van der Waals surface area contributed by atoms with Crippen LogP contribution in [0, 0.1) is 0 Å². The Balaban J connectivity index is 1.12. The molecule has 57 heavy (non-hydrogen) atoms. The summed E-state index contributed by atoms with van der Waals surface area (Å²) in [5.41, 5.74) is 10.2. The van der Waals surface area contributed by atoms with Gasteiger partial charge >= 0.3 is 0 Å². The predicted molar refractivity (Wildman–Crippen MR) is 238 cm³/mol. The summed E-state index contributed by atoms with van der Waals surface area (Å²) < 4.78 is 7.37. The summed E-state index contributed by atoms with van der Waals surface area (Å²) in [4.78, 5) is 15.4. The van der Waals surface area contributed by atoms with Crippen molar-refractivity contribution in [3.05, 3.63) is 176 Å². The molecular weight excluding hydrogens is 715 g/mol. The van der Waals surface area contributed by atoms with E-state index in [9.17, 15) is 0 Å². The minimum absolute atomic E-state index is 0.653. The van der Waals surface area contributed by atoms with Gasteiger partial charge in [0.15, 0.2) is 17.5 Å². The van der Waals surface area contributed by atoms with Gasteiger partial charge < -0.3 is 8.97 Å². The fourth-order valence-electron chi connectivity index (χ4n) is 9.26. The normalized spacial score (nSPS) is 12.2. The fourth-order valence-corrected chi connectivity index (χ4v) is 10.5. The number of rotatable bonds is 4. The Morgan fingerprint density at radius 1 is 0.386 bits per heavy atom. The Morgan fingerprint density at radius 3 is 1.67 bits per heavy atom. The molecule has 0 aliphatic heterocycles. The molecule has 264 valence electrons. The third kappa shape index (κ3) is 4.30. The van der Waals surface area contributed by atoms with Gasteiger partial charge in [-0.3, -0.25) is 0 Å². The summed E-state index contributed by atoms with van der Waals surface area (Å²) in [5, 5.41) is 9.93. The molecule has 6 heteroatoms. The number of fused-ring (bicyclic) bond motifs is 12. The van der Waals surface area contributed by atoms with E-state index < -0.39 is 0 Å². The Hall–Kier alpha value is -7.41. The van der Waals surface area contributed by atoms with Crippen LogP contribution < -0.4 is 0 Å². The lowest BCUT2D eigenvalue weighted by molar-refractivity contribution is 1.08. The fraction of sp³-hybridized carbons (Fsp3) is 0. The highest BCUT2D eigenvalue weighted by atomic mass is 32.1. The van der Waals surface area contributed by atoms with Crippen LogP contribution in [0.5, 0.6) is 0 Å². The van der Waals surface area contributed by atoms with Crippen molar-refractivity contribution in [1.82, 2.24) is 23.9 Å². The van der Waals surface area contributed by atoms with Gasteiger partial charge in [-0.2, -0.15) is 0 Å². The van der Waals surface area contributed by atoms with Crippen LogP contribution in [0.3, 0.4) is 0 Å². The maximum absolute atomic E-state index is 5.20. The summed E-state index contributed by atoms with van der Waals surface area (Å²) in [5.74, 6) is 1.96. The van der Waals surface area contributed by atoms with Crippen LogP contribution >= 0.6 is 11.3 Å². The Bertz CT molecular complexity index is 3690. The van der Waals surface area contributed by atoms with Crippen molar-refractivity contribution in [3.8, 4) is 39.9 Å². The number of hydrogen-bond acceptors (Lipinski definition) is 4. The van der Waals surface area contributed by atoms with Crippen LogP contribution in [0.2, 0.25) is 0 Å². The lowest BCUT2D eigenvalue weighted by Crippen LogP contribution is -2.01. The minimum Gasteiger partial charge on any atom is -0.308 e. The van der Waals surface area contributed by atoms with Crippen LogP contribution in [0.15, 0.2) is 176 Å². The van der Waals surface area contributed by atoms with Gasteiger partial charge in [-0.25, -0.2) is 15.0 Å². The van der Waals surface area contributed by atoms with Crippen LogP contribution in [-0.2, 0) is 0 Å². The third-order valence-corrected chi connectivity index (χ3v) is 12.9. The molecule has 0 fully saturated rings. The quantitative estimate of drug-likeness (QED) is 0.180. The van der Waals surface area contributed by atoms with Crippen molar-refractivity contribution in [3.63, 3.8) is 0 Å². The van der Waals surface area contributed by atoms with Crippen LogP contribution in [0.25, 0.3) is 120 Å². The van der Waals surface area contributed by atoms with Gasteiger partial charge in [0.05, 0.1) is 38.0 Å². The molecule has 0 N–H and O–H groups in total. The number of thiophene rings is 1. The van der Waals surface area contributed by atoms with E-state index in [1.165, 1.54) is 74.7 Å². The highest BCUT2D eigenvalue weighted by Crippen LogP contribution is 2.47. The third-order valence-electron chi connectivity index (χ3n) is 11.7. The number of benzene rings is 8. The molecule has 0 saturated heterocycles. The summed E-state index contributed by atoms with van der Waals surface area (Å²) >= 11 is 1.83. The first kappa shape index (κ1) is 30.9. The van der Waals surface area contributed by atoms with Crippen molar-refractivity contribution in [2.45, 2.75) is 0 Å². The molecule has 5 aromatic heterocycles. The molecule has 0 radical (unpaired) electrons. The van der Waals surface area contributed by atoms with Gasteiger partial charge in [0.25, 0.3) is 0 Å². The molecule has 0 aliphatic rings. The first-order valence-corrected chi connectivity index (χ1v) is 20.0. The molecule has 0 amide bonds. The molecule has 13 rings (SSSR count). The smallest absolute Gasteiger partial charge is 0.164 e. The summed E-state index contributed by atoms with van der Waals surface area (Å²) in [6, 6.07) is 62.8. The highest BCUT2D eigenvalue weighted by molar-refractivity contribution is 7.26. The molecule has 0 saturated carbocycles. The Labute approximate surface area is 329 Å². The molecule has 0 bridgehead atoms. The van der Waals surface area contributed by atoms with Gasteiger partial charge in [0.1, 0.15) is 0 Å². The van der Waals surface area contributed by atoms with Crippen molar-refractivity contribution in [2.75, 3.05) is 0 Å². The van der Waals surface area contributed by atoms with Crippen molar-refractivity contribution in [1.29, 1.82) is 0 Å². The molecule has 13 aromatic rings. The van der Waals surface area contributed by atoms with Gasteiger partial charge in [-0.05, 0) is 42.5 Å². The van der Waals surface area contributed by atoms with Crippen LogP contribution in [0.1, 0.15) is 0 Å². The van der Waals surface area contributed by atoms with Crippen molar-refractivity contribution in [2.24, 2.45) is 0 Å². The second-order valence-corrected chi connectivity index (χ2v) is 15.8. The average Bonchev–Trinajstić information content (AvgIpc) is 4.02. The van der Waals surface area contributed by atoms with Crippen LogP contribution in [-0.4, -0.2) is 23.9 Å². The molecule has 5 heterocycles. The van der Waals surface area contributed by atoms with Crippen molar-refractivity contribution < 1.29 is 0 Å². The molecule has 0 unspecified atom stereocenters. The van der Waals surface area contributed by atoms with E-state index in [4.69, 9.17) is 15.0 Å². The SMILES string of the molecule is c1ccc(-c2nc(-c3ccccc3)nc(-c3ccc(-n4c5ccccc5c5cc6c(cc54)c4cccc5c7ccccc7n6c54)c4sc5ccccc5c34)n2)cc1. The van der Waals surface area contributed by atoms with Crippen molar-refractivity contribution >= 4 is 91.4 Å². The summed E-state index contributed by atoms with van der Waals surface area (Å²) in [6.07, 6.45) is 0. The number of nitrogens with zero attached hydrogens (tertiary/aromatic N) is 5. The topological polar surface area (TPSA) is 48.0 Å². The molecule has 0 atom stereocenters. The molecule has 5 nitrogen and oxygen atoms in total. The first-order valence-electron chi connectivity index (χ1n) is 19.2. The first-order chi connectivity index (χ1) is 28.3. The number of hydrogen-bond donors (Lipinski definition) is 0. The zero-order valence-corrected chi connectivity index (χ0v) is 31.2. The second-order valence-electron chi connectivity index (χ2n) is 14.8. The van der Waals surface area contributed by atoms with E-state index in [-0.39, 0.29) is 0 Å². The largest absolute Gasteiger partial charge is 0.308 e. The molecule has 0 aliphatic carbocycles. The monoisotopic (exact) mass is 743 g/mol. The van der Waals surface area contributed by atoms with E-state index >= 15 is 0 Å². The van der Waals surface area contributed by atoms with E-state index in [1.54, 1.807) is 0 Å². The van der Waals surface area contributed by atoms with E-state index in [0.29, 0.717) is 17.5 Å². The van der Waals surface area contributed by atoms with Gasteiger partial charge in [0, 0.05) is 64.5 Å². The molecule has 0 spiro atoms. The Kier molecular flexibility index (Phi) is 6.26. The number of aromatic nitrogens is 5. The van der Waals surface area contributed by atoms with E-state index in [2.05, 4.69) is 148 Å². The maximum atomic E-state index is 5.20. The zero-order valence-electron chi connectivity index (χ0n) is 30.4. The average molecular weight is 744 g/mol. The molecular formula is C51H29N5S. The predicted octanol–water partition coefficient (Wildman–Crippen LogP) is 13.5. The van der Waals surface area contributed by atoms with Gasteiger partial charge in [0.2, 0.25) is 0 Å². The molecule has 8 aromatic carbocycles. The lowest BCUT2D eigenvalue weighted by Gasteiger charge is -2.13. The van der Waals surface area contributed by atoms with Gasteiger partial charge in [-0.15, -0.1) is 11.3 Å². The zero-order chi connectivity index (χ0) is 37.2. The van der Waals surface area contributed by atoms with Gasteiger partial charge in [-0.1, -0.05) is 133 Å². The number of para-hydroxylation sites is 3. The highest BCUT2D eigenvalue weighted by Gasteiger charge is 2.24. The van der Waals surface area contributed by atoms with E-state index in [1.807, 2.05) is 47.7 Å². The van der Waals surface area contributed by atoms with E-state index in [0.717, 1.165) is 27.8 Å². The summed E-state index contributed by atoms with van der Waals surface area (Å²) in [7, 11) is 0. The maximum Gasteiger partial charge on any atom is 0.164 e. The van der Waals surface area contributed by atoms with Crippen LogP contribution in [0.4, 0.5) is 0 Å².